The first kappa shape index (κ1) is 15.8. The fourth-order valence-electron chi connectivity index (χ4n) is 3.98. The minimum Gasteiger partial charge on any atom is -0.371 e. The third kappa shape index (κ3) is 2.76. The van der Waals surface area contributed by atoms with Crippen LogP contribution >= 0.6 is 11.3 Å². The number of benzene rings is 1. The molecule has 3 aromatic rings. The zero-order chi connectivity index (χ0) is 17.6. The standard InChI is InChI=1S/C21H21N3OS/c25-20(23-16-14-26-18-6-3-11-22-19(16)18)15-4-1-2-5-17(15)24-12-9-21(7-8-21)10-13-24/h1-6,11,14H,7-10,12-13H2,(H,23,25). The molecule has 0 unspecified atom stereocenters. The van der Waals surface area contributed by atoms with Crippen LogP contribution in [0.25, 0.3) is 10.2 Å². The van der Waals surface area contributed by atoms with Crippen LogP contribution in [0.1, 0.15) is 36.0 Å². The molecule has 0 bridgehead atoms. The number of pyridine rings is 1. The summed E-state index contributed by atoms with van der Waals surface area (Å²) in [6.07, 6.45) is 7.05. The van der Waals surface area contributed by atoms with Gasteiger partial charge in [0.05, 0.1) is 16.0 Å². The van der Waals surface area contributed by atoms with Crippen LogP contribution in [-0.4, -0.2) is 24.0 Å². The Kier molecular flexibility index (Phi) is 3.71. The maximum absolute atomic E-state index is 13.0. The summed E-state index contributed by atoms with van der Waals surface area (Å²) in [6.45, 7) is 2.10. The van der Waals surface area contributed by atoms with Gasteiger partial charge in [-0.1, -0.05) is 12.1 Å². The summed E-state index contributed by atoms with van der Waals surface area (Å²) < 4.78 is 1.09. The number of anilines is 2. The van der Waals surface area contributed by atoms with Crippen LogP contribution in [-0.2, 0) is 0 Å². The molecular formula is C21H21N3OS. The molecule has 132 valence electrons. The van der Waals surface area contributed by atoms with E-state index >= 15 is 0 Å². The monoisotopic (exact) mass is 363 g/mol. The van der Waals surface area contributed by atoms with Gasteiger partial charge in [0.25, 0.3) is 5.91 Å². The zero-order valence-corrected chi connectivity index (χ0v) is 15.4. The van der Waals surface area contributed by atoms with Crippen molar-refractivity contribution in [1.82, 2.24) is 4.98 Å². The highest BCUT2D eigenvalue weighted by atomic mass is 32.1. The fraction of sp³-hybridized carbons (Fsp3) is 0.333. The maximum atomic E-state index is 13.0. The van der Waals surface area contributed by atoms with Gasteiger partial charge >= 0.3 is 0 Å². The summed E-state index contributed by atoms with van der Waals surface area (Å²) >= 11 is 1.60. The first-order chi connectivity index (χ1) is 12.7. The van der Waals surface area contributed by atoms with Crippen molar-refractivity contribution >= 4 is 38.8 Å². The predicted molar refractivity (Wildman–Crippen MR) is 107 cm³/mol. The molecule has 5 heteroatoms. The van der Waals surface area contributed by atoms with E-state index in [1.165, 1.54) is 25.7 Å². The predicted octanol–water partition coefficient (Wildman–Crippen LogP) is 4.93. The van der Waals surface area contributed by atoms with E-state index in [4.69, 9.17) is 0 Å². The van der Waals surface area contributed by atoms with Gasteiger partial charge in [0, 0.05) is 30.4 Å². The Morgan fingerprint density at radius 1 is 1.08 bits per heavy atom. The quantitative estimate of drug-likeness (QED) is 0.718. The summed E-state index contributed by atoms with van der Waals surface area (Å²) in [7, 11) is 0. The van der Waals surface area contributed by atoms with E-state index in [-0.39, 0.29) is 5.91 Å². The number of amides is 1. The van der Waals surface area contributed by atoms with Crippen LogP contribution < -0.4 is 10.2 Å². The van der Waals surface area contributed by atoms with E-state index < -0.39 is 0 Å². The molecule has 0 radical (unpaired) electrons. The number of piperidine rings is 1. The number of thiophene rings is 1. The Labute approximate surface area is 156 Å². The Morgan fingerprint density at radius 3 is 2.69 bits per heavy atom. The van der Waals surface area contributed by atoms with Crippen molar-refractivity contribution in [1.29, 1.82) is 0 Å². The van der Waals surface area contributed by atoms with Crippen molar-refractivity contribution in [3.8, 4) is 0 Å². The lowest BCUT2D eigenvalue weighted by atomic mass is 9.93. The molecule has 1 N–H and O–H groups in total. The van der Waals surface area contributed by atoms with Crippen molar-refractivity contribution in [2.75, 3.05) is 23.3 Å². The summed E-state index contributed by atoms with van der Waals surface area (Å²) in [5.41, 5.74) is 4.08. The average molecular weight is 363 g/mol. The number of nitrogens with zero attached hydrogens (tertiary/aromatic N) is 2. The number of carbonyl (C=O) groups is 1. The van der Waals surface area contributed by atoms with Crippen LogP contribution in [0.15, 0.2) is 48.0 Å². The molecule has 3 heterocycles. The second-order valence-electron chi connectivity index (χ2n) is 7.46. The van der Waals surface area contributed by atoms with Crippen molar-refractivity contribution < 1.29 is 4.79 Å². The van der Waals surface area contributed by atoms with Crippen LogP contribution in [0, 0.1) is 5.41 Å². The number of hydrogen-bond donors (Lipinski definition) is 1. The molecule has 4 nitrogen and oxygen atoms in total. The number of aromatic nitrogens is 1. The second-order valence-corrected chi connectivity index (χ2v) is 8.37. The lowest BCUT2D eigenvalue weighted by Gasteiger charge is -2.34. The molecule has 1 amide bonds. The molecular weight excluding hydrogens is 342 g/mol. The Morgan fingerprint density at radius 2 is 1.88 bits per heavy atom. The van der Waals surface area contributed by atoms with Crippen molar-refractivity contribution in [2.45, 2.75) is 25.7 Å². The summed E-state index contributed by atoms with van der Waals surface area (Å²) in [5, 5.41) is 5.04. The summed E-state index contributed by atoms with van der Waals surface area (Å²) in [4.78, 5) is 19.8. The van der Waals surface area contributed by atoms with Gasteiger partial charge < -0.3 is 10.2 Å². The number of carbonyl (C=O) groups excluding carboxylic acids is 1. The highest BCUT2D eigenvalue weighted by molar-refractivity contribution is 7.17. The molecule has 1 aliphatic carbocycles. The third-order valence-corrected chi connectivity index (χ3v) is 6.79. The number of para-hydroxylation sites is 1. The molecule has 1 saturated heterocycles. The fourth-order valence-corrected chi connectivity index (χ4v) is 4.83. The van der Waals surface area contributed by atoms with Gasteiger partial charge in [0.1, 0.15) is 5.52 Å². The maximum Gasteiger partial charge on any atom is 0.257 e. The molecule has 1 aliphatic heterocycles. The largest absolute Gasteiger partial charge is 0.371 e. The molecule has 1 aromatic carbocycles. The molecule has 2 aliphatic rings. The first-order valence-corrected chi connectivity index (χ1v) is 10.1. The third-order valence-electron chi connectivity index (χ3n) is 5.85. The number of nitrogens with one attached hydrogen (secondary N) is 1. The molecule has 5 rings (SSSR count). The van der Waals surface area contributed by atoms with Crippen LogP contribution in [0.3, 0.4) is 0 Å². The summed E-state index contributed by atoms with van der Waals surface area (Å²) in [6, 6.07) is 11.9. The second kappa shape index (κ2) is 6.09. The van der Waals surface area contributed by atoms with E-state index in [1.807, 2.05) is 35.7 Å². The number of rotatable bonds is 3. The van der Waals surface area contributed by atoms with Crippen LogP contribution in [0.4, 0.5) is 11.4 Å². The SMILES string of the molecule is O=C(Nc1csc2cccnc12)c1ccccc1N1CCC2(CC1)CC2. The Balaban J connectivity index is 1.40. The molecule has 0 atom stereocenters. The smallest absolute Gasteiger partial charge is 0.257 e. The van der Waals surface area contributed by atoms with Gasteiger partial charge in [-0.3, -0.25) is 9.78 Å². The molecule has 1 saturated carbocycles. The van der Waals surface area contributed by atoms with E-state index in [0.29, 0.717) is 5.41 Å². The van der Waals surface area contributed by atoms with Crippen LogP contribution in [0.5, 0.6) is 0 Å². The van der Waals surface area contributed by atoms with E-state index in [1.54, 1.807) is 17.5 Å². The lowest BCUT2D eigenvalue weighted by molar-refractivity contribution is 0.102. The van der Waals surface area contributed by atoms with Crippen LogP contribution in [0.2, 0.25) is 0 Å². The lowest BCUT2D eigenvalue weighted by Crippen LogP contribution is -2.35. The highest BCUT2D eigenvalue weighted by Crippen LogP contribution is 2.54. The minimum atomic E-state index is -0.0577. The zero-order valence-electron chi connectivity index (χ0n) is 14.6. The summed E-state index contributed by atoms with van der Waals surface area (Å²) in [5.74, 6) is -0.0577. The van der Waals surface area contributed by atoms with E-state index in [2.05, 4.69) is 21.3 Å². The number of fused-ring (bicyclic) bond motifs is 1. The highest BCUT2D eigenvalue weighted by Gasteiger charge is 2.44. The van der Waals surface area contributed by atoms with Gasteiger partial charge in [-0.15, -0.1) is 11.3 Å². The Bertz CT molecular complexity index is 966. The first-order valence-electron chi connectivity index (χ1n) is 9.22. The van der Waals surface area contributed by atoms with Gasteiger partial charge in [-0.25, -0.2) is 0 Å². The Hall–Kier alpha value is -2.40. The topological polar surface area (TPSA) is 45.2 Å². The van der Waals surface area contributed by atoms with E-state index in [9.17, 15) is 4.79 Å². The molecule has 26 heavy (non-hydrogen) atoms. The minimum absolute atomic E-state index is 0.0577. The van der Waals surface area contributed by atoms with Gasteiger partial charge in [0.2, 0.25) is 0 Å². The van der Waals surface area contributed by atoms with Gasteiger partial charge in [-0.05, 0) is 55.4 Å². The van der Waals surface area contributed by atoms with E-state index in [0.717, 1.165) is 40.2 Å². The van der Waals surface area contributed by atoms with Gasteiger partial charge in [0.15, 0.2) is 0 Å². The molecule has 2 fully saturated rings. The van der Waals surface area contributed by atoms with Crippen molar-refractivity contribution in [2.24, 2.45) is 5.41 Å². The normalized spacial score (nSPS) is 18.2. The number of hydrogen-bond acceptors (Lipinski definition) is 4. The van der Waals surface area contributed by atoms with Crippen molar-refractivity contribution in [3.05, 3.63) is 53.5 Å². The average Bonchev–Trinajstić information content (AvgIpc) is 3.32. The van der Waals surface area contributed by atoms with Crippen molar-refractivity contribution in [3.63, 3.8) is 0 Å². The van der Waals surface area contributed by atoms with Gasteiger partial charge in [-0.2, -0.15) is 0 Å². The molecule has 2 aromatic heterocycles. The molecule has 1 spiro atoms.